The monoisotopic (exact) mass is 504 g/mol. The van der Waals surface area contributed by atoms with Crippen molar-refractivity contribution in [1.82, 2.24) is 19.7 Å². The minimum atomic E-state index is -3.07. The Morgan fingerprint density at radius 1 is 1.29 bits per heavy atom. The number of nitrogens with zero attached hydrogens (tertiary/aromatic N) is 4. The highest BCUT2D eigenvalue weighted by Crippen LogP contribution is 2.29. The van der Waals surface area contributed by atoms with Gasteiger partial charge in [-0.3, -0.25) is 9.36 Å². The Morgan fingerprint density at radius 2 is 1.97 bits per heavy atom. The number of benzene rings is 1. The zero-order valence-electron chi connectivity index (χ0n) is 20.8. The highest BCUT2D eigenvalue weighted by Gasteiger charge is 2.36. The molecule has 1 amide bonds. The van der Waals surface area contributed by atoms with Crippen LogP contribution in [0.3, 0.4) is 0 Å². The quantitative estimate of drug-likeness (QED) is 0.373. The van der Waals surface area contributed by atoms with Crippen molar-refractivity contribution >= 4 is 27.5 Å². The van der Waals surface area contributed by atoms with Crippen LogP contribution in [0.4, 0.5) is 0 Å². The summed E-state index contributed by atoms with van der Waals surface area (Å²) in [5, 5.41) is 9.41. The van der Waals surface area contributed by atoms with E-state index in [0.29, 0.717) is 18.1 Å². The first-order valence-corrected chi connectivity index (χ1v) is 14.6. The molecule has 0 aliphatic carbocycles. The van der Waals surface area contributed by atoms with E-state index >= 15 is 0 Å². The van der Waals surface area contributed by atoms with E-state index in [2.05, 4.69) is 61.8 Å². The topological polar surface area (TPSA) is 85.2 Å². The van der Waals surface area contributed by atoms with Crippen molar-refractivity contribution < 1.29 is 13.2 Å². The van der Waals surface area contributed by atoms with Gasteiger partial charge in [-0.05, 0) is 30.7 Å². The molecule has 7 nitrogen and oxygen atoms in total. The van der Waals surface area contributed by atoms with Gasteiger partial charge in [0.05, 0.1) is 17.3 Å². The SMILES string of the molecule is C=CCn1c(SCC(=O)N(C(C)CC)C2CCS(=O)(=O)C2)nnc1-c1ccc(C(C)(C)C)cc1. The predicted molar refractivity (Wildman–Crippen MR) is 139 cm³/mol. The van der Waals surface area contributed by atoms with Crippen molar-refractivity contribution in [3.8, 4) is 11.4 Å². The van der Waals surface area contributed by atoms with Crippen LogP contribution >= 0.6 is 11.8 Å². The van der Waals surface area contributed by atoms with Crippen LogP contribution in [0.25, 0.3) is 11.4 Å². The van der Waals surface area contributed by atoms with Crippen molar-refractivity contribution in [1.29, 1.82) is 0 Å². The molecule has 0 bridgehead atoms. The smallest absolute Gasteiger partial charge is 0.233 e. The minimum absolute atomic E-state index is 0.0191. The molecule has 2 atom stereocenters. The van der Waals surface area contributed by atoms with E-state index in [1.54, 1.807) is 11.0 Å². The van der Waals surface area contributed by atoms with Crippen LogP contribution in [0, 0.1) is 0 Å². The summed E-state index contributed by atoms with van der Waals surface area (Å²) in [6, 6.07) is 8.05. The number of allylic oxidation sites excluding steroid dienone is 1. The number of thioether (sulfide) groups is 1. The molecule has 1 aromatic carbocycles. The largest absolute Gasteiger partial charge is 0.335 e. The molecule has 2 aromatic rings. The normalized spacial score (nSPS) is 18.6. The molecule has 1 fully saturated rings. The van der Waals surface area contributed by atoms with Crippen molar-refractivity contribution in [3.05, 3.63) is 42.5 Å². The van der Waals surface area contributed by atoms with E-state index in [9.17, 15) is 13.2 Å². The number of rotatable bonds is 9. The van der Waals surface area contributed by atoms with Gasteiger partial charge in [-0.1, -0.05) is 69.8 Å². The number of sulfone groups is 1. The Bertz CT molecular complexity index is 1120. The van der Waals surface area contributed by atoms with Crippen LogP contribution in [0.15, 0.2) is 42.1 Å². The van der Waals surface area contributed by atoms with Gasteiger partial charge in [0, 0.05) is 24.2 Å². The van der Waals surface area contributed by atoms with Gasteiger partial charge in [-0.15, -0.1) is 16.8 Å². The summed E-state index contributed by atoms with van der Waals surface area (Å²) in [5.74, 6) is 1.05. The highest BCUT2D eigenvalue weighted by molar-refractivity contribution is 7.99. The Hall–Kier alpha value is -2.13. The molecule has 0 saturated carbocycles. The fourth-order valence-corrected chi connectivity index (χ4v) is 6.75. The first-order chi connectivity index (χ1) is 16.0. The summed E-state index contributed by atoms with van der Waals surface area (Å²) in [5.41, 5.74) is 2.26. The van der Waals surface area contributed by atoms with E-state index in [4.69, 9.17) is 0 Å². The second-order valence-electron chi connectivity index (χ2n) is 9.94. The molecule has 34 heavy (non-hydrogen) atoms. The lowest BCUT2D eigenvalue weighted by Crippen LogP contribution is -2.47. The average Bonchev–Trinajstić information content (AvgIpc) is 3.34. The molecular weight excluding hydrogens is 468 g/mol. The number of hydrogen-bond donors (Lipinski definition) is 0. The summed E-state index contributed by atoms with van der Waals surface area (Å²) in [6.45, 7) is 14.9. The third kappa shape index (κ3) is 6.10. The Morgan fingerprint density at radius 3 is 2.50 bits per heavy atom. The molecule has 1 aromatic heterocycles. The zero-order chi connectivity index (χ0) is 25.1. The lowest BCUT2D eigenvalue weighted by atomic mass is 9.87. The van der Waals surface area contributed by atoms with E-state index < -0.39 is 9.84 Å². The summed E-state index contributed by atoms with van der Waals surface area (Å²) >= 11 is 1.33. The van der Waals surface area contributed by atoms with E-state index in [0.717, 1.165) is 17.8 Å². The van der Waals surface area contributed by atoms with Crippen LogP contribution in [0.2, 0.25) is 0 Å². The van der Waals surface area contributed by atoms with Gasteiger partial charge in [0.15, 0.2) is 20.8 Å². The third-order valence-corrected chi connectivity index (χ3v) is 9.02. The maximum absolute atomic E-state index is 13.2. The summed E-state index contributed by atoms with van der Waals surface area (Å²) < 4.78 is 26.0. The number of hydrogen-bond acceptors (Lipinski definition) is 6. The third-order valence-electron chi connectivity index (χ3n) is 6.32. The van der Waals surface area contributed by atoms with E-state index in [1.807, 2.05) is 18.4 Å². The van der Waals surface area contributed by atoms with Gasteiger partial charge in [-0.25, -0.2) is 8.42 Å². The average molecular weight is 505 g/mol. The van der Waals surface area contributed by atoms with Gasteiger partial charge in [0.25, 0.3) is 0 Å². The molecule has 1 aliphatic rings. The summed E-state index contributed by atoms with van der Waals surface area (Å²) in [6.07, 6.45) is 3.07. The molecule has 1 aliphatic heterocycles. The van der Waals surface area contributed by atoms with Crippen LogP contribution in [-0.2, 0) is 26.6 Å². The zero-order valence-corrected chi connectivity index (χ0v) is 22.5. The van der Waals surface area contributed by atoms with Crippen LogP contribution < -0.4 is 0 Å². The van der Waals surface area contributed by atoms with Crippen molar-refractivity contribution in [2.45, 2.75) is 76.7 Å². The predicted octanol–water partition coefficient (Wildman–Crippen LogP) is 4.33. The number of amides is 1. The molecule has 186 valence electrons. The Kier molecular flexibility index (Phi) is 8.29. The standard InChI is InChI=1S/C25H36N4O3S2/c1-7-14-28-23(19-9-11-20(12-10-19)25(4,5)6)26-27-24(28)33-16-22(30)29(18(3)8-2)21-13-15-34(31,32)17-21/h7,9-12,18,21H,1,8,13-17H2,2-6H3. The number of aromatic nitrogens is 3. The van der Waals surface area contributed by atoms with Gasteiger partial charge < -0.3 is 4.90 Å². The molecule has 1 saturated heterocycles. The molecule has 2 unspecified atom stereocenters. The molecule has 9 heteroatoms. The van der Waals surface area contributed by atoms with Crippen molar-refractivity contribution in [3.63, 3.8) is 0 Å². The fraction of sp³-hybridized carbons (Fsp3) is 0.560. The molecule has 2 heterocycles. The summed E-state index contributed by atoms with van der Waals surface area (Å²) in [4.78, 5) is 15.0. The second-order valence-corrected chi connectivity index (χ2v) is 13.1. The van der Waals surface area contributed by atoms with Crippen molar-refractivity contribution in [2.24, 2.45) is 0 Å². The van der Waals surface area contributed by atoms with Crippen molar-refractivity contribution in [2.75, 3.05) is 17.3 Å². The number of carbonyl (C=O) groups excluding carboxylic acids is 1. The molecular formula is C25H36N4O3S2. The fourth-order valence-electron chi connectivity index (χ4n) is 4.22. The van der Waals surface area contributed by atoms with E-state index in [-0.39, 0.29) is 40.7 Å². The van der Waals surface area contributed by atoms with Gasteiger partial charge in [-0.2, -0.15) is 0 Å². The maximum Gasteiger partial charge on any atom is 0.233 e. The molecule has 0 radical (unpaired) electrons. The Labute approximate surface area is 207 Å². The lowest BCUT2D eigenvalue weighted by molar-refractivity contribution is -0.132. The molecule has 3 rings (SSSR count). The lowest BCUT2D eigenvalue weighted by Gasteiger charge is -2.33. The second kappa shape index (κ2) is 10.6. The van der Waals surface area contributed by atoms with Gasteiger partial charge in [0.1, 0.15) is 0 Å². The minimum Gasteiger partial charge on any atom is -0.335 e. The maximum atomic E-state index is 13.2. The van der Waals surface area contributed by atoms with Crippen LogP contribution in [0.1, 0.15) is 53.0 Å². The molecule has 0 N–H and O–H groups in total. The first kappa shape index (κ1) is 26.5. The highest BCUT2D eigenvalue weighted by atomic mass is 32.2. The first-order valence-electron chi connectivity index (χ1n) is 11.8. The van der Waals surface area contributed by atoms with Crippen LogP contribution in [-0.4, -0.2) is 63.3 Å². The Balaban J connectivity index is 1.79. The number of carbonyl (C=O) groups is 1. The van der Waals surface area contributed by atoms with Gasteiger partial charge in [0.2, 0.25) is 5.91 Å². The van der Waals surface area contributed by atoms with Crippen LogP contribution in [0.5, 0.6) is 0 Å². The summed E-state index contributed by atoms with van der Waals surface area (Å²) in [7, 11) is -3.07. The van der Waals surface area contributed by atoms with E-state index in [1.165, 1.54) is 17.3 Å². The molecule has 0 spiro atoms. The van der Waals surface area contributed by atoms with Gasteiger partial charge >= 0.3 is 0 Å².